The van der Waals surface area contributed by atoms with E-state index in [0.29, 0.717) is 0 Å². The second-order valence-electron chi connectivity index (χ2n) is 2.99. The Labute approximate surface area is 75.9 Å². The molecule has 1 aromatic heterocycles. The van der Waals surface area contributed by atoms with Crippen molar-refractivity contribution in [1.82, 2.24) is 0 Å². The monoisotopic (exact) mass is 180 g/mol. The van der Waals surface area contributed by atoms with Crippen LogP contribution in [0.1, 0.15) is 11.1 Å². The Morgan fingerprint density at radius 2 is 1.92 bits per heavy atom. The summed E-state index contributed by atoms with van der Waals surface area (Å²) in [7, 11) is 0. The molecule has 0 radical (unpaired) electrons. The Bertz CT molecular complexity index is 429. The van der Waals surface area contributed by atoms with Crippen molar-refractivity contribution in [3.8, 4) is 0 Å². The normalized spacial score (nSPS) is 10.9. The van der Waals surface area contributed by atoms with Crippen molar-refractivity contribution in [3.63, 3.8) is 0 Å². The molecule has 0 amide bonds. The zero-order valence-electron chi connectivity index (χ0n) is 7.02. The van der Waals surface area contributed by atoms with Crippen LogP contribution in [0.2, 0.25) is 5.02 Å². The summed E-state index contributed by atoms with van der Waals surface area (Å²) >= 11 is 6.02. The van der Waals surface area contributed by atoms with Crippen LogP contribution >= 0.6 is 11.6 Å². The van der Waals surface area contributed by atoms with Gasteiger partial charge < -0.3 is 4.42 Å². The van der Waals surface area contributed by atoms with E-state index in [1.54, 1.807) is 6.26 Å². The number of hydrogen-bond acceptors (Lipinski definition) is 1. The molecule has 0 saturated heterocycles. The molecule has 2 rings (SSSR count). The highest BCUT2D eigenvalue weighted by Crippen LogP contribution is 2.30. The first-order valence-electron chi connectivity index (χ1n) is 3.83. The Morgan fingerprint density at radius 1 is 1.17 bits per heavy atom. The molecular weight excluding hydrogens is 172 g/mol. The lowest BCUT2D eigenvalue weighted by molar-refractivity contribution is 0.610. The first-order chi connectivity index (χ1) is 5.70. The lowest BCUT2D eigenvalue weighted by Gasteiger charge is -1.96. The van der Waals surface area contributed by atoms with Crippen LogP contribution in [-0.2, 0) is 0 Å². The Kier molecular flexibility index (Phi) is 1.62. The summed E-state index contributed by atoms with van der Waals surface area (Å²) in [6.45, 7) is 4.01. The van der Waals surface area contributed by atoms with Crippen LogP contribution in [0, 0.1) is 13.8 Å². The van der Waals surface area contributed by atoms with Crippen LogP contribution in [-0.4, -0.2) is 0 Å². The maximum Gasteiger partial charge on any atom is 0.138 e. The number of hydrogen-bond donors (Lipinski definition) is 0. The van der Waals surface area contributed by atoms with Gasteiger partial charge in [-0.05, 0) is 31.0 Å². The maximum atomic E-state index is 6.02. The van der Waals surface area contributed by atoms with Gasteiger partial charge in [0.05, 0.1) is 11.3 Å². The van der Waals surface area contributed by atoms with Crippen LogP contribution in [0.25, 0.3) is 11.0 Å². The van der Waals surface area contributed by atoms with E-state index in [1.807, 2.05) is 26.0 Å². The van der Waals surface area contributed by atoms with Gasteiger partial charge in [-0.1, -0.05) is 17.7 Å². The first kappa shape index (κ1) is 7.69. The van der Waals surface area contributed by atoms with Crippen molar-refractivity contribution in [2.75, 3.05) is 0 Å². The average Bonchev–Trinajstić information content (AvgIpc) is 2.42. The predicted octanol–water partition coefficient (Wildman–Crippen LogP) is 3.70. The quantitative estimate of drug-likeness (QED) is 0.603. The van der Waals surface area contributed by atoms with E-state index in [9.17, 15) is 0 Å². The van der Waals surface area contributed by atoms with Gasteiger partial charge in [0.25, 0.3) is 0 Å². The summed E-state index contributed by atoms with van der Waals surface area (Å²) in [6.07, 6.45) is 1.74. The van der Waals surface area contributed by atoms with Crippen LogP contribution in [0.4, 0.5) is 0 Å². The molecule has 0 aliphatic rings. The third-order valence-electron chi connectivity index (χ3n) is 2.05. The predicted molar refractivity (Wildman–Crippen MR) is 50.7 cm³/mol. The Morgan fingerprint density at radius 3 is 2.58 bits per heavy atom. The number of benzene rings is 1. The molecule has 12 heavy (non-hydrogen) atoms. The maximum absolute atomic E-state index is 6.02. The van der Waals surface area contributed by atoms with Crippen LogP contribution in [0.5, 0.6) is 0 Å². The first-order valence-corrected chi connectivity index (χ1v) is 4.21. The van der Waals surface area contributed by atoms with E-state index in [4.69, 9.17) is 16.0 Å². The summed E-state index contributed by atoms with van der Waals surface area (Å²) in [5, 5.41) is 1.80. The van der Waals surface area contributed by atoms with Crippen molar-refractivity contribution >= 4 is 22.6 Å². The number of fused-ring (bicyclic) bond motifs is 1. The highest BCUT2D eigenvalue weighted by Gasteiger charge is 2.07. The lowest BCUT2D eigenvalue weighted by Crippen LogP contribution is -1.75. The third-order valence-corrected chi connectivity index (χ3v) is 2.37. The summed E-state index contributed by atoms with van der Waals surface area (Å²) in [5.41, 5.74) is 3.13. The fraction of sp³-hybridized carbons (Fsp3) is 0.200. The number of aryl methyl sites for hydroxylation is 2. The van der Waals surface area contributed by atoms with E-state index in [0.717, 1.165) is 27.1 Å². The zero-order valence-corrected chi connectivity index (χ0v) is 7.77. The van der Waals surface area contributed by atoms with Crippen molar-refractivity contribution in [2.45, 2.75) is 13.8 Å². The van der Waals surface area contributed by atoms with Crippen LogP contribution < -0.4 is 0 Å². The van der Waals surface area contributed by atoms with Crippen LogP contribution in [0.15, 0.2) is 22.8 Å². The molecule has 2 heteroatoms. The third kappa shape index (κ3) is 0.935. The summed E-state index contributed by atoms with van der Waals surface area (Å²) in [6, 6.07) is 3.87. The van der Waals surface area contributed by atoms with Gasteiger partial charge >= 0.3 is 0 Å². The zero-order chi connectivity index (χ0) is 8.72. The van der Waals surface area contributed by atoms with Crippen molar-refractivity contribution in [3.05, 3.63) is 34.5 Å². The molecular formula is C10H9ClO. The Balaban J connectivity index is 2.98. The van der Waals surface area contributed by atoms with Crippen molar-refractivity contribution < 1.29 is 4.42 Å². The van der Waals surface area contributed by atoms with Gasteiger partial charge in [-0.3, -0.25) is 0 Å². The molecule has 1 nitrogen and oxygen atoms in total. The van der Waals surface area contributed by atoms with Gasteiger partial charge in [0, 0.05) is 5.39 Å². The molecule has 2 aromatic rings. The standard InChI is InChI=1S/C10H9ClO/c1-6-3-4-8(11)9-7(2)5-12-10(6)9/h3-5H,1-2H3. The second kappa shape index (κ2) is 2.53. The SMILES string of the molecule is Cc1ccc(Cl)c2c(C)coc12. The van der Waals surface area contributed by atoms with Crippen molar-refractivity contribution in [2.24, 2.45) is 0 Å². The van der Waals surface area contributed by atoms with Gasteiger partial charge in [0.15, 0.2) is 0 Å². The molecule has 0 bridgehead atoms. The van der Waals surface area contributed by atoms with Gasteiger partial charge in [0.1, 0.15) is 5.58 Å². The second-order valence-corrected chi connectivity index (χ2v) is 3.39. The van der Waals surface area contributed by atoms with Crippen LogP contribution in [0.3, 0.4) is 0 Å². The number of furan rings is 1. The summed E-state index contributed by atoms with van der Waals surface area (Å²) in [5.74, 6) is 0. The van der Waals surface area contributed by atoms with Gasteiger partial charge in [-0.15, -0.1) is 0 Å². The minimum atomic E-state index is 0.766. The topological polar surface area (TPSA) is 13.1 Å². The number of rotatable bonds is 0. The van der Waals surface area contributed by atoms with Gasteiger partial charge in [-0.25, -0.2) is 0 Å². The van der Waals surface area contributed by atoms with E-state index in [1.165, 1.54) is 0 Å². The molecule has 0 saturated carbocycles. The molecule has 0 aliphatic carbocycles. The van der Waals surface area contributed by atoms with E-state index >= 15 is 0 Å². The molecule has 62 valence electrons. The minimum absolute atomic E-state index is 0.766. The molecule has 0 aliphatic heterocycles. The number of halogens is 1. The molecule has 0 unspecified atom stereocenters. The summed E-state index contributed by atoms with van der Waals surface area (Å²) in [4.78, 5) is 0. The highest BCUT2D eigenvalue weighted by molar-refractivity contribution is 6.35. The average molecular weight is 181 g/mol. The fourth-order valence-electron chi connectivity index (χ4n) is 1.39. The fourth-order valence-corrected chi connectivity index (χ4v) is 1.69. The molecule has 1 heterocycles. The molecule has 1 aromatic carbocycles. The minimum Gasteiger partial charge on any atom is -0.464 e. The molecule has 0 N–H and O–H groups in total. The van der Waals surface area contributed by atoms with Gasteiger partial charge in [-0.2, -0.15) is 0 Å². The summed E-state index contributed by atoms with van der Waals surface area (Å²) < 4.78 is 5.38. The van der Waals surface area contributed by atoms with E-state index < -0.39 is 0 Å². The molecule has 0 spiro atoms. The lowest BCUT2D eigenvalue weighted by atomic mass is 10.1. The molecule has 0 atom stereocenters. The van der Waals surface area contributed by atoms with Crippen molar-refractivity contribution in [1.29, 1.82) is 0 Å². The largest absolute Gasteiger partial charge is 0.464 e. The van der Waals surface area contributed by atoms with E-state index in [-0.39, 0.29) is 0 Å². The van der Waals surface area contributed by atoms with Gasteiger partial charge in [0.2, 0.25) is 0 Å². The van der Waals surface area contributed by atoms with E-state index in [2.05, 4.69) is 0 Å². The Hall–Kier alpha value is -0.950. The smallest absolute Gasteiger partial charge is 0.138 e. The highest BCUT2D eigenvalue weighted by atomic mass is 35.5. The molecule has 0 fully saturated rings.